The van der Waals surface area contributed by atoms with Gasteiger partial charge in [-0.2, -0.15) is 5.26 Å². The van der Waals surface area contributed by atoms with Gasteiger partial charge in [-0.15, -0.1) is 0 Å². The normalized spacial score (nSPS) is 7.33. The summed E-state index contributed by atoms with van der Waals surface area (Å²) in [6.45, 7) is 0. The van der Waals surface area contributed by atoms with E-state index < -0.39 is 0 Å². The SMILES string of the molecule is N#CS.NC(=O)c1ccccc1. The number of amides is 1. The fourth-order valence-electron chi connectivity index (χ4n) is 0.602. The Hall–Kier alpha value is -1.47. The summed E-state index contributed by atoms with van der Waals surface area (Å²) in [6, 6.07) is 8.76. The third-order valence-corrected chi connectivity index (χ3v) is 1.06. The molecule has 0 spiro atoms. The molecule has 0 heterocycles. The van der Waals surface area contributed by atoms with Crippen LogP contribution in [-0.4, -0.2) is 5.91 Å². The minimum Gasteiger partial charge on any atom is -0.366 e. The lowest BCUT2D eigenvalue weighted by molar-refractivity contribution is 0.100. The van der Waals surface area contributed by atoms with E-state index in [2.05, 4.69) is 12.6 Å². The number of primary amides is 1. The number of hydrogen-bond donors (Lipinski definition) is 2. The van der Waals surface area contributed by atoms with E-state index in [-0.39, 0.29) is 5.91 Å². The fraction of sp³-hybridized carbons (Fsp3) is 0. The molecule has 62 valence electrons. The van der Waals surface area contributed by atoms with Crippen LogP contribution < -0.4 is 5.73 Å². The molecule has 2 N–H and O–H groups in total. The summed E-state index contributed by atoms with van der Waals surface area (Å²) in [4.78, 5) is 10.4. The molecule has 12 heavy (non-hydrogen) atoms. The standard InChI is InChI=1S/C7H7NO.CHNS/c8-7(9)6-4-2-1-3-5-6;2-1-3/h1-5H,(H2,8,9);3H. The number of hydrogen-bond acceptors (Lipinski definition) is 3. The number of nitrogens with zero attached hydrogens (tertiary/aromatic N) is 1. The summed E-state index contributed by atoms with van der Waals surface area (Å²) in [5.41, 5.74) is 5.53. The van der Waals surface area contributed by atoms with Crippen LogP contribution >= 0.6 is 12.6 Å². The van der Waals surface area contributed by atoms with Crippen LogP contribution in [0.15, 0.2) is 30.3 Å². The minimum absolute atomic E-state index is 0.379. The van der Waals surface area contributed by atoms with Crippen LogP contribution in [0.25, 0.3) is 0 Å². The quantitative estimate of drug-likeness (QED) is 0.503. The lowest BCUT2D eigenvalue weighted by atomic mass is 10.2. The van der Waals surface area contributed by atoms with Gasteiger partial charge in [0.15, 0.2) is 0 Å². The fourth-order valence-corrected chi connectivity index (χ4v) is 0.602. The molecule has 1 rings (SSSR count). The largest absolute Gasteiger partial charge is 0.366 e. The van der Waals surface area contributed by atoms with Crippen LogP contribution in [-0.2, 0) is 0 Å². The Labute approximate surface area is 76.2 Å². The van der Waals surface area contributed by atoms with Crippen LogP contribution in [0.2, 0.25) is 0 Å². The van der Waals surface area contributed by atoms with Crippen molar-refractivity contribution in [3.63, 3.8) is 0 Å². The van der Waals surface area contributed by atoms with Gasteiger partial charge in [0.1, 0.15) is 5.40 Å². The molecule has 0 aliphatic rings. The number of nitriles is 1. The first kappa shape index (κ1) is 10.5. The summed E-state index contributed by atoms with van der Waals surface area (Å²) in [7, 11) is 0. The van der Waals surface area contributed by atoms with E-state index in [1.807, 2.05) is 6.07 Å². The highest BCUT2D eigenvalue weighted by atomic mass is 32.1. The maximum atomic E-state index is 10.4. The highest BCUT2D eigenvalue weighted by Gasteiger charge is 1.93. The lowest BCUT2D eigenvalue weighted by Crippen LogP contribution is -2.09. The topological polar surface area (TPSA) is 66.9 Å². The van der Waals surface area contributed by atoms with Crippen molar-refractivity contribution >= 4 is 18.5 Å². The van der Waals surface area contributed by atoms with Crippen molar-refractivity contribution in [2.45, 2.75) is 0 Å². The van der Waals surface area contributed by atoms with Crippen LogP contribution in [0.5, 0.6) is 0 Å². The van der Waals surface area contributed by atoms with Crippen molar-refractivity contribution in [2.24, 2.45) is 5.73 Å². The summed E-state index contributed by atoms with van der Waals surface area (Å²) in [6.07, 6.45) is 0. The van der Waals surface area contributed by atoms with Gasteiger partial charge in [-0.05, 0) is 12.1 Å². The lowest BCUT2D eigenvalue weighted by Gasteiger charge is -1.89. The summed E-state index contributed by atoms with van der Waals surface area (Å²) < 4.78 is 0. The first-order chi connectivity index (χ1) is 5.72. The second-order valence-electron chi connectivity index (χ2n) is 1.83. The zero-order chi connectivity index (χ0) is 9.40. The molecule has 0 aliphatic heterocycles. The van der Waals surface area contributed by atoms with Crippen LogP contribution in [0.1, 0.15) is 10.4 Å². The molecule has 1 aromatic carbocycles. The molecule has 0 aliphatic carbocycles. The van der Waals surface area contributed by atoms with Gasteiger partial charge < -0.3 is 5.73 Å². The van der Waals surface area contributed by atoms with E-state index in [9.17, 15) is 4.79 Å². The maximum Gasteiger partial charge on any atom is 0.248 e. The second kappa shape index (κ2) is 6.25. The first-order valence-corrected chi connectivity index (χ1v) is 3.55. The summed E-state index contributed by atoms with van der Waals surface area (Å²) in [5.74, 6) is -0.379. The molecule has 1 amide bonds. The zero-order valence-electron chi connectivity index (χ0n) is 6.27. The molecule has 4 heteroatoms. The number of thiocyanates is 1. The highest BCUT2D eigenvalue weighted by Crippen LogP contribution is 1.94. The Morgan fingerprint density at radius 1 is 1.42 bits per heavy atom. The highest BCUT2D eigenvalue weighted by molar-refractivity contribution is 7.85. The van der Waals surface area contributed by atoms with Crippen molar-refractivity contribution in [1.82, 2.24) is 0 Å². The predicted octanol–water partition coefficient (Wildman–Crippen LogP) is 1.18. The average Bonchev–Trinajstić information content (AvgIpc) is 2.07. The van der Waals surface area contributed by atoms with E-state index in [4.69, 9.17) is 11.0 Å². The molecule has 0 unspecified atom stereocenters. The molecular weight excluding hydrogens is 172 g/mol. The molecule has 0 saturated carbocycles. The third kappa shape index (κ3) is 4.36. The predicted molar refractivity (Wildman–Crippen MR) is 49.6 cm³/mol. The second-order valence-corrected chi connectivity index (χ2v) is 2.03. The van der Waals surface area contributed by atoms with Gasteiger partial charge in [0, 0.05) is 5.56 Å². The van der Waals surface area contributed by atoms with E-state index in [0.29, 0.717) is 5.56 Å². The van der Waals surface area contributed by atoms with E-state index in [0.717, 1.165) is 0 Å². The monoisotopic (exact) mass is 180 g/mol. The number of rotatable bonds is 1. The first-order valence-electron chi connectivity index (χ1n) is 3.10. The van der Waals surface area contributed by atoms with E-state index in [1.54, 1.807) is 24.3 Å². The summed E-state index contributed by atoms with van der Waals surface area (Å²) in [5, 5.41) is 8.63. The van der Waals surface area contributed by atoms with Gasteiger partial charge in [0.25, 0.3) is 0 Å². The molecule has 0 atom stereocenters. The third-order valence-electron chi connectivity index (χ3n) is 1.06. The summed E-state index contributed by atoms with van der Waals surface area (Å²) >= 11 is 3.09. The van der Waals surface area contributed by atoms with Gasteiger partial charge in [-0.1, -0.05) is 30.8 Å². The number of nitrogens with two attached hydrogens (primary N) is 1. The van der Waals surface area contributed by atoms with Crippen molar-refractivity contribution in [3.05, 3.63) is 35.9 Å². The zero-order valence-corrected chi connectivity index (χ0v) is 7.16. The molecule has 0 saturated heterocycles. The van der Waals surface area contributed by atoms with Crippen molar-refractivity contribution in [1.29, 1.82) is 5.26 Å². The smallest absolute Gasteiger partial charge is 0.248 e. The van der Waals surface area contributed by atoms with Gasteiger partial charge in [-0.25, -0.2) is 0 Å². The van der Waals surface area contributed by atoms with E-state index in [1.165, 1.54) is 5.40 Å². The van der Waals surface area contributed by atoms with Gasteiger partial charge >= 0.3 is 0 Å². The molecule has 1 aromatic rings. The average molecular weight is 180 g/mol. The van der Waals surface area contributed by atoms with Crippen LogP contribution in [0.4, 0.5) is 0 Å². The van der Waals surface area contributed by atoms with Crippen LogP contribution in [0, 0.1) is 10.7 Å². The van der Waals surface area contributed by atoms with Gasteiger partial charge in [-0.3, -0.25) is 4.79 Å². The van der Waals surface area contributed by atoms with Gasteiger partial charge in [0.2, 0.25) is 5.91 Å². The Balaban J connectivity index is 0.000000354. The van der Waals surface area contributed by atoms with Crippen molar-refractivity contribution in [2.75, 3.05) is 0 Å². The Morgan fingerprint density at radius 3 is 2.08 bits per heavy atom. The Kier molecular flexibility index (Phi) is 5.49. The molecular formula is C8H8N2OS. The number of carbonyl (C=O) groups is 1. The van der Waals surface area contributed by atoms with Crippen LogP contribution in [0.3, 0.4) is 0 Å². The Bertz CT molecular complexity index is 279. The molecule has 3 nitrogen and oxygen atoms in total. The Morgan fingerprint density at radius 2 is 1.83 bits per heavy atom. The van der Waals surface area contributed by atoms with Crippen molar-refractivity contribution < 1.29 is 4.79 Å². The molecule has 0 fully saturated rings. The maximum absolute atomic E-state index is 10.4. The van der Waals surface area contributed by atoms with Gasteiger partial charge in [0.05, 0.1) is 0 Å². The molecule has 0 radical (unpaired) electrons. The number of benzene rings is 1. The number of thiol groups is 1. The number of carbonyl (C=O) groups excluding carboxylic acids is 1. The molecule has 0 bridgehead atoms. The minimum atomic E-state index is -0.379. The van der Waals surface area contributed by atoms with Crippen molar-refractivity contribution in [3.8, 4) is 5.40 Å². The molecule has 0 aromatic heterocycles. The van der Waals surface area contributed by atoms with E-state index >= 15 is 0 Å².